The zero-order valence-corrected chi connectivity index (χ0v) is 15.1. The third-order valence-corrected chi connectivity index (χ3v) is 6.79. The van der Waals surface area contributed by atoms with E-state index in [-0.39, 0.29) is 11.7 Å². The molecule has 0 fully saturated rings. The lowest BCUT2D eigenvalue weighted by Gasteiger charge is -2.07. The molecule has 5 nitrogen and oxygen atoms in total. The molecule has 2 heterocycles. The molecule has 0 atom stereocenters. The number of benzene rings is 1. The van der Waals surface area contributed by atoms with Gasteiger partial charge in [-0.25, -0.2) is 13.4 Å². The Kier molecular flexibility index (Phi) is 4.56. The molecule has 1 aliphatic rings. The van der Waals surface area contributed by atoms with E-state index in [0.29, 0.717) is 29.0 Å². The minimum Gasteiger partial charge on any atom is -0.347 e. The molecule has 2 aromatic rings. The van der Waals surface area contributed by atoms with Crippen molar-refractivity contribution in [3.8, 4) is 0 Å². The number of nitrogens with zero attached hydrogens (tertiary/aromatic N) is 1. The second-order valence-corrected chi connectivity index (χ2v) is 9.05. The molecular formula is C17H18N2O3S2. The van der Waals surface area contributed by atoms with E-state index in [1.165, 1.54) is 0 Å². The summed E-state index contributed by atoms with van der Waals surface area (Å²) < 4.78 is 24.0. The summed E-state index contributed by atoms with van der Waals surface area (Å²) in [5.74, 6) is -0.0822. The van der Waals surface area contributed by atoms with Crippen LogP contribution in [-0.4, -0.2) is 25.1 Å². The monoisotopic (exact) mass is 362 g/mol. The van der Waals surface area contributed by atoms with Crippen LogP contribution in [0.2, 0.25) is 0 Å². The van der Waals surface area contributed by atoms with Gasteiger partial charge in [-0.15, -0.1) is 11.3 Å². The van der Waals surface area contributed by atoms with E-state index >= 15 is 0 Å². The molecule has 0 bridgehead atoms. The molecule has 0 saturated heterocycles. The number of hydrogen-bond acceptors (Lipinski definition) is 5. The third kappa shape index (κ3) is 3.42. The Hall–Kier alpha value is -1.99. The number of carbonyl (C=O) groups excluding carboxylic acids is 1. The predicted molar refractivity (Wildman–Crippen MR) is 95.6 cm³/mol. The number of carbonyl (C=O) groups is 1. The number of sulfone groups is 1. The number of thiazole rings is 1. The lowest BCUT2D eigenvalue weighted by Crippen LogP contribution is -2.22. The molecule has 24 heavy (non-hydrogen) atoms. The molecular weight excluding hydrogens is 344 g/mol. The molecule has 7 heteroatoms. The van der Waals surface area contributed by atoms with Gasteiger partial charge < -0.3 is 5.32 Å². The molecule has 1 N–H and O–H groups in total. The van der Waals surface area contributed by atoms with E-state index in [0.717, 1.165) is 15.6 Å². The Balaban J connectivity index is 1.76. The van der Waals surface area contributed by atoms with Gasteiger partial charge in [-0.3, -0.25) is 4.79 Å². The van der Waals surface area contributed by atoms with Crippen LogP contribution in [0, 0.1) is 13.8 Å². The topological polar surface area (TPSA) is 76.1 Å². The first-order valence-electron chi connectivity index (χ1n) is 7.61. The number of allylic oxidation sites excluding steroid dienone is 1. The second-order valence-electron chi connectivity index (χ2n) is 5.68. The van der Waals surface area contributed by atoms with Crippen molar-refractivity contribution in [2.75, 3.05) is 5.75 Å². The van der Waals surface area contributed by atoms with Crippen LogP contribution >= 0.6 is 11.3 Å². The molecule has 0 saturated carbocycles. The number of aromatic nitrogens is 1. The summed E-state index contributed by atoms with van der Waals surface area (Å²) in [5.41, 5.74) is 1.95. The van der Waals surface area contributed by atoms with Gasteiger partial charge in [0.1, 0.15) is 0 Å². The van der Waals surface area contributed by atoms with E-state index < -0.39 is 9.84 Å². The molecule has 3 rings (SSSR count). The molecule has 0 unspecified atom stereocenters. The highest BCUT2D eigenvalue weighted by atomic mass is 32.2. The van der Waals surface area contributed by atoms with Gasteiger partial charge in [-0.1, -0.05) is 18.2 Å². The minimum atomic E-state index is -3.22. The summed E-state index contributed by atoms with van der Waals surface area (Å²) in [6.45, 7) is 4.27. The quantitative estimate of drug-likeness (QED) is 0.907. The Morgan fingerprint density at radius 3 is 2.75 bits per heavy atom. The normalized spacial score (nSPS) is 16.0. The van der Waals surface area contributed by atoms with Gasteiger partial charge in [0.25, 0.3) is 5.91 Å². The highest BCUT2D eigenvalue weighted by molar-refractivity contribution is 8.00. The lowest BCUT2D eigenvalue weighted by molar-refractivity contribution is 0.0951. The summed E-state index contributed by atoms with van der Waals surface area (Å²) in [7, 11) is -3.22. The molecule has 0 spiro atoms. The molecule has 0 radical (unpaired) electrons. The number of hydrogen-bond donors (Lipinski definition) is 1. The average molecular weight is 362 g/mol. The van der Waals surface area contributed by atoms with Crippen LogP contribution in [0.5, 0.6) is 0 Å². The van der Waals surface area contributed by atoms with E-state index in [1.54, 1.807) is 41.7 Å². The number of nitrogens with one attached hydrogen (secondary N) is 1. The first-order valence-corrected chi connectivity index (χ1v) is 10.1. The largest absolute Gasteiger partial charge is 0.347 e. The van der Waals surface area contributed by atoms with Crippen LogP contribution in [0.1, 0.15) is 37.9 Å². The van der Waals surface area contributed by atoms with Gasteiger partial charge in [0.2, 0.25) is 0 Å². The zero-order valence-electron chi connectivity index (χ0n) is 13.5. The Labute approximate surface area is 145 Å². The first-order chi connectivity index (χ1) is 11.4. The van der Waals surface area contributed by atoms with E-state index in [4.69, 9.17) is 0 Å². The highest BCUT2D eigenvalue weighted by Gasteiger charge is 2.24. The van der Waals surface area contributed by atoms with Crippen LogP contribution in [0.4, 0.5) is 0 Å². The third-order valence-electron chi connectivity index (χ3n) is 3.87. The minimum absolute atomic E-state index is 0.142. The maximum absolute atomic E-state index is 12.4. The number of amides is 1. The molecule has 1 aromatic heterocycles. The zero-order chi connectivity index (χ0) is 17.3. The maximum Gasteiger partial charge on any atom is 0.251 e. The predicted octanol–water partition coefficient (Wildman–Crippen LogP) is 2.85. The number of aryl methyl sites for hydroxylation is 2. The van der Waals surface area contributed by atoms with Gasteiger partial charge in [-0.2, -0.15) is 0 Å². The van der Waals surface area contributed by atoms with Crippen molar-refractivity contribution < 1.29 is 13.2 Å². The summed E-state index contributed by atoms with van der Waals surface area (Å²) in [5, 5.41) is 3.84. The van der Waals surface area contributed by atoms with E-state index in [9.17, 15) is 13.2 Å². The fraction of sp³-hybridized carbons (Fsp3) is 0.294. The Morgan fingerprint density at radius 1 is 1.33 bits per heavy atom. The van der Waals surface area contributed by atoms with Crippen molar-refractivity contribution in [3.05, 3.63) is 57.0 Å². The average Bonchev–Trinajstić information content (AvgIpc) is 3.05. The van der Waals surface area contributed by atoms with E-state index in [1.807, 2.05) is 13.8 Å². The van der Waals surface area contributed by atoms with Crippen molar-refractivity contribution in [1.29, 1.82) is 0 Å². The fourth-order valence-electron chi connectivity index (χ4n) is 2.69. The smallest absolute Gasteiger partial charge is 0.251 e. The summed E-state index contributed by atoms with van der Waals surface area (Å²) in [6.07, 6.45) is 2.24. The van der Waals surface area contributed by atoms with E-state index in [2.05, 4.69) is 10.3 Å². The van der Waals surface area contributed by atoms with Crippen LogP contribution in [-0.2, 0) is 16.4 Å². The van der Waals surface area contributed by atoms with Gasteiger partial charge in [0.05, 0.1) is 27.9 Å². The highest BCUT2D eigenvalue weighted by Crippen LogP contribution is 2.28. The van der Waals surface area contributed by atoms with Crippen molar-refractivity contribution in [3.63, 3.8) is 0 Å². The fourth-order valence-corrected chi connectivity index (χ4v) is 5.08. The van der Waals surface area contributed by atoms with Crippen molar-refractivity contribution in [2.45, 2.75) is 26.8 Å². The van der Waals surface area contributed by atoms with Gasteiger partial charge in [0, 0.05) is 10.4 Å². The van der Waals surface area contributed by atoms with Crippen LogP contribution in [0.3, 0.4) is 0 Å². The molecule has 0 aliphatic carbocycles. The van der Waals surface area contributed by atoms with Crippen molar-refractivity contribution >= 4 is 32.0 Å². The second kappa shape index (κ2) is 6.49. The summed E-state index contributed by atoms with van der Waals surface area (Å²) in [6, 6.07) is 6.75. The van der Waals surface area contributed by atoms with Crippen LogP contribution < -0.4 is 5.32 Å². The van der Waals surface area contributed by atoms with Crippen molar-refractivity contribution in [1.82, 2.24) is 10.3 Å². The lowest BCUT2D eigenvalue weighted by atomic mass is 10.1. The van der Waals surface area contributed by atoms with Crippen LogP contribution in [0.15, 0.2) is 30.3 Å². The summed E-state index contributed by atoms with van der Waals surface area (Å²) >= 11 is 1.56. The van der Waals surface area contributed by atoms with Crippen LogP contribution in [0.25, 0.3) is 4.91 Å². The molecule has 1 aromatic carbocycles. The number of rotatable bonds is 4. The van der Waals surface area contributed by atoms with Gasteiger partial charge in [0.15, 0.2) is 9.84 Å². The van der Waals surface area contributed by atoms with Crippen molar-refractivity contribution in [2.24, 2.45) is 0 Å². The maximum atomic E-state index is 12.4. The molecule has 1 aliphatic heterocycles. The van der Waals surface area contributed by atoms with Gasteiger partial charge in [-0.05, 0) is 38.0 Å². The van der Waals surface area contributed by atoms with Gasteiger partial charge >= 0.3 is 0 Å². The molecule has 126 valence electrons. The first kappa shape index (κ1) is 16.9. The standard InChI is InChI=1S/C17H18N2O3S2/c1-11-15(23-12(2)19-11)10-18-17(20)14-6-3-5-13(9-14)16-7-4-8-24(16,21)22/h3,5-7,9H,4,8,10H2,1-2H3,(H,18,20). The Morgan fingerprint density at radius 2 is 2.12 bits per heavy atom. The summed E-state index contributed by atoms with van der Waals surface area (Å²) in [4.78, 5) is 18.1. The molecule has 1 amide bonds. The SMILES string of the molecule is Cc1nc(C)c(CNC(=O)c2cccc(C3=CCCS3(=O)=O)c2)s1. The Bertz CT molecular complexity index is 927.